The molecule has 0 aromatic heterocycles. The second kappa shape index (κ2) is 6.90. The summed E-state index contributed by atoms with van der Waals surface area (Å²) in [6, 6.07) is 0. The van der Waals surface area contributed by atoms with Gasteiger partial charge in [-0.2, -0.15) is 0 Å². The first-order chi connectivity index (χ1) is 9.22. The highest BCUT2D eigenvalue weighted by Crippen LogP contribution is 2.33. The van der Waals surface area contributed by atoms with Crippen molar-refractivity contribution in [1.29, 1.82) is 0 Å². The molecule has 0 saturated carbocycles. The zero-order valence-corrected chi connectivity index (χ0v) is 11.7. The molecule has 1 N–H and O–H groups in total. The molecule has 3 heteroatoms. The van der Waals surface area contributed by atoms with Crippen LogP contribution in [0, 0.1) is 0 Å². The summed E-state index contributed by atoms with van der Waals surface area (Å²) in [6.07, 6.45) is 11.3. The molecule has 0 fully saturated rings. The third-order valence-corrected chi connectivity index (χ3v) is 3.88. The van der Waals surface area contributed by atoms with Crippen LogP contribution in [0.15, 0.2) is 23.5 Å². The van der Waals surface area contributed by atoms with Crippen LogP contribution in [0.1, 0.15) is 58.3 Å². The molecule has 2 unspecified atom stereocenters. The lowest BCUT2D eigenvalue weighted by atomic mass is 9.88. The van der Waals surface area contributed by atoms with E-state index in [0.29, 0.717) is 12.8 Å². The Bertz CT molecular complexity index is 381. The van der Waals surface area contributed by atoms with Crippen LogP contribution in [0.3, 0.4) is 0 Å². The molecule has 1 aliphatic heterocycles. The number of unbranched alkanes of at least 4 members (excludes halogenated alkanes) is 3. The van der Waals surface area contributed by atoms with Crippen molar-refractivity contribution in [1.82, 2.24) is 0 Å². The molecule has 0 saturated heterocycles. The van der Waals surface area contributed by atoms with Gasteiger partial charge >= 0.3 is 0 Å². The highest BCUT2D eigenvalue weighted by molar-refractivity contribution is 6.00. The van der Waals surface area contributed by atoms with Gasteiger partial charge in [-0.15, -0.1) is 0 Å². The fraction of sp³-hybridized carbons (Fsp3) is 0.688. The molecule has 2 rings (SSSR count). The van der Waals surface area contributed by atoms with E-state index in [2.05, 4.69) is 19.1 Å². The standard InChI is InChI=1S/C16H24O3/c1-2-3-4-5-6-7-12-8-9-13-15(19-12)11-10-14(17)16(13)18/h6-7,12,14,17H,2-5,8-11H2,1H3. The SMILES string of the molecule is CCCCCC=CC1CCC2=C(CCC(O)C2=O)O1. The summed E-state index contributed by atoms with van der Waals surface area (Å²) in [5, 5.41) is 9.55. The number of aliphatic hydroxyl groups is 1. The number of ketones is 1. The van der Waals surface area contributed by atoms with Crippen LogP contribution < -0.4 is 0 Å². The lowest BCUT2D eigenvalue weighted by Gasteiger charge is -2.30. The molecule has 0 amide bonds. The maximum Gasteiger partial charge on any atom is 0.190 e. The van der Waals surface area contributed by atoms with E-state index in [1.165, 1.54) is 19.3 Å². The minimum atomic E-state index is -0.802. The van der Waals surface area contributed by atoms with Crippen molar-refractivity contribution >= 4 is 5.78 Å². The van der Waals surface area contributed by atoms with Gasteiger partial charge in [-0.3, -0.25) is 4.79 Å². The monoisotopic (exact) mass is 264 g/mol. The van der Waals surface area contributed by atoms with Gasteiger partial charge in [-0.1, -0.05) is 25.8 Å². The van der Waals surface area contributed by atoms with E-state index in [9.17, 15) is 9.90 Å². The van der Waals surface area contributed by atoms with Gasteiger partial charge in [0.1, 0.15) is 18.0 Å². The first-order valence-corrected chi connectivity index (χ1v) is 7.50. The normalized spacial score (nSPS) is 27.6. The Labute approximate surface area is 115 Å². The summed E-state index contributed by atoms with van der Waals surface area (Å²) in [6.45, 7) is 2.20. The highest BCUT2D eigenvalue weighted by atomic mass is 16.5. The van der Waals surface area contributed by atoms with Gasteiger partial charge in [0.25, 0.3) is 0 Å². The predicted molar refractivity (Wildman–Crippen MR) is 74.7 cm³/mol. The lowest BCUT2D eigenvalue weighted by molar-refractivity contribution is -0.125. The number of ether oxygens (including phenoxy) is 1. The molecule has 0 spiro atoms. The molecule has 1 aliphatic carbocycles. The van der Waals surface area contributed by atoms with Crippen molar-refractivity contribution in [2.75, 3.05) is 0 Å². The van der Waals surface area contributed by atoms with E-state index in [-0.39, 0.29) is 11.9 Å². The van der Waals surface area contributed by atoms with E-state index in [4.69, 9.17) is 4.74 Å². The van der Waals surface area contributed by atoms with Crippen LogP contribution in [0.25, 0.3) is 0 Å². The number of rotatable bonds is 5. The molecule has 3 nitrogen and oxygen atoms in total. The van der Waals surface area contributed by atoms with Crippen molar-refractivity contribution in [3.05, 3.63) is 23.5 Å². The highest BCUT2D eigenvalue weighted by Gasteiger charge is 2.32. The zero-order valence-electron chi connectivity index (χ0n) is 11.7. The maximum atomic E-state index is 11.8. The van der Waals surface area contributed by atoms with Crippen LogP contribution in [-0.4, -0.2) is 23.1 Å². The van der Waals surface area contributed by atoms with E-state index < -0.39 is 6.10 Å². The van der Waals surface area contributed by atoms with E-state index in [0.717, 1.165) is 30.6 Å². The van der Waals surface area contributed by atoms with Crippen LogP contribution in [0.4, 0.5) is 0 Å². The summed E-state index contributed by atoms with van der Waals surface area (Å²) < 4.78 is 5.88. The number of Topliss-reactive ketones (excluding diaryl/α,β-unsaturated/α-hetero) is 1. The van der Waals surface area contributed by atoms with Gasteiger partial charge in [0.2, 0.25) is 0 Å². The van der Waals surface area contributed by atoms with Crippen LogP contribution in [0.5, 0.6) is 0 Å². The first kappa shape index (κ1) is 14.3. The second-order valence-electron chi connectivity index (χ2n) is 5.44. The fourth-order valence-electron chi connectivity index (χ4n) is 2.70. The quantitative estimate of drug-likeness (QED) is 0.612. The van der Waals surface area contributed by atoms with Crippen molar-refractivity contribution in [3.8, 4) is 0 Å². The summed E-state index contributed by atoms with van der Waals surface area (Å²) in [5.74, 6) is 0.705. The number of hydrogen-bond acceptors (Lipinski definition) is 3. The molecular formula is C16H24O3. The van der Waals surface area contributed by atoms with Gasteiger partial charge in [-0.25, -0.2) is 0 Å². The Morgan fingerprint density at radius 2 is 2.16 bits per heavy atom. The Balaban J connectivity index is 1.86. The summed E-state index contributed by atoms with van der Waals surface area (Å²) in [5.41, 5.74) is 0.731. The Morgan fingerprint density at radius 3 is 2.95 bits per heavy atom. The van der Waals surface area contributed by atoms with Crippen molar-refractivity contribution < 1.29 is 14.6 Å². The largest absolute Gasteiger partial charge is 0.490 e. The molecule has 0 bridgehead atoms. The number of carbonyl (C=O) groups excluding carboxylic acids is 1. The molecule has 0 radical (unpaired) electrons. The van der Waals surface area contributed by atoms with Crippen LogP contribution in [0.2, 0.25) is 0 Å². The number of allylic oxidation sites excluding steroid dienone is 2. The zero-order chi connectivity index (χ0) is 13.7. The third-order valence-electron chi connectivity index (χ3n) is 3.88. The average molecular weight is 264 g/mol. The number of aliphatic hydroxyl groups excluding tert-OH is 1. The van der Waals surface area contributed by atoms with Gasteiger partial charge in [-0.05, 0) is 38.2 Å². The molecule has 2 atom stereocenters. The van der Waals surface area contributed by atoms with Crippen LogP contribution in [-0.2, 0) is 9.53 Å². The number of hydrogen-bond donors (Lipinski definition) is 1. The van der Waals surface area contributed by atoms with Crippen molar-refractivity contribution in [2.24, 2.45) is 0 Å². The van der Waals surface area contributed by atoms with Gasteiger partial charge in [0, 0.05) is 12.0 Å². The van der Waals surface area contributed by atoms with E-state index in [1.807, 2.05) is 0 Å². The van der Waals surface area contributed by atoms with Gasteiger partial charge in [0.05, 0.1) is 0 Å². The third kappa shape index (κ3) is 3.69. The predicted octanol–water partition coefficient (Wildman–Crippen LogP) is 3.28. The molecule has 0 aromatic carbocycles. The molecular weight excluding hydrogens is 240 g/mol. The number of carbonyl (C=O) groups is 1. The topological polar surface area (TPSA) is 46.5 Å². The van der Waals surface area contributed by atoms with Gasteiger partial charge in [0.15, 0.2) is 5.78 Å². The average Bonchev–Trinajstić information content (AvgIpc) is 2.43. The van der Waals surface area contributed by atoms with Gasteiger partial charge < -0.3 is 9.84 Å². The summed E-state index contributed by atoms with van der Waals surface area (Å²) in [4.78, 5) is 11.8. The second-order valence-corrected chi connectivity index (χ2v) is 5.44. The first-order valence-electron chi connectivity index (χ1n) is 7.50. The fourth-order valence-corrected chi connectivity index (χ4v) is 2.70. The maximum absolute atomic E-state index is 11.8. The van der Waals surface area contributed by atoms with E-state index in [1.54, 1.807) is 0 Å². The van der Waals surface area contributed by atoms with Crippen molar-refractivity contribution in [3.63, 3.8) is 0 Å². The Kier molecular flexibility index (Phi) is 5.20. The molecule has 0 aromatic rings. The Hall–Kier alpha value is -1.09. The lowest BCUT2D eigenvalue weighted by Crippen LogP contribution is -2.32. The van der Waals surface area contributed by atoms with E-state index >= 15 is 0 Å². The van der Waals surface area contributed by atoms with Crippen LogP contribution >= 0.6 is 0 Å². The Morgan fingerprint density at radius 1 is 1.32 bits per heavy atom. The summed E-state index contributed by atoms with van der Waals surface area (Å²) in [7, 11) is 0. The minimum Gasteiger partial charge on any atom is -0.490 e. The molecule has 106 valence electrons. The summed E-state index contributed by atoms with van der Waals surface area (Å²) >= 11 is 0. The minimum absolute atomic E-state index is 0.114. The molecule has 2 aliphatic rings. The molecule has 1 heterocycles. The smallest absolute Gasteiger partial charge is 0.190 e. The molecule has 19 heavy (non-hydrogen) atoms. The van der Waals surface area contributed by atoms with Crippen molar-refractivity contribution in [2.45, 2.75) is 70.5 Å².